The Morgan fingerprint density at radius 3 is 2.24 bits per heavy atom. The summed E-state index contributed by atoms with van der Waals surface area (Å²) in [5.74, 6) is -1.60. The maximum Gasteiger partial charge on any atom is 0.336 e. The van der Waals surface area contributed by atoms with E-state index in [1.165, 1.54) is 62.3 Å². The smallest absolute Gasteiger partial charge is 0.336 e. The van der Waals surface area contributed by atoms with E-state index >= 15 is 0 Å². The molecule has 2 nitrogen and oxygen atoms in total. The molecule has 0 heterocycles. The summed E-state index contributed by atoms with van der Waals surface area (Å²) in [6.07, 6.45) is 7.45. The maximum absolute atomic E-state index is 14.0. The largest absolute Gasteiger partial charge is 0.478 e. The number of aromatic carboxylic acids is 1. The molecule has 0 aromatic heterocycles. The van der Waals surface area contributed by atoms with E-state index in [1.54, 1.807) is 0 Å². The molecule has 3 rings (SSSR count). The highest BCUT2D eigenvalue weighted by atomic mass is 19.2. The first kappa shape index (κ1) is 21.2. The highest BCUT2D eigenvalue weighted by Gasteiger charge is 2.22. The van der Waals surface area contributed by atoms with Gasteiger partial charge in [0, 0.05) is 5.56 Å². The molecule has 1 saturated carbocycles. The lowest BCUT2D eigenvalue weighted by atomic mass is 9.77. The number of hydrogen-bond donors (Lipinski definition) is 1. The molecule has 0 spiro atoms. The van der Waals surface area contributed by atoms with Crippen molar-refractivity contribution in [3.05, 3.63) is 65.0 Å². The van der Waals surface area contributed by atoms with Gasteiger partial charge in [-0.1, -0.05) is 50.1 Å². The van der Waals surface area contributed by atoms with Crippen molar-refractivity contribution in [2.24, 2.45) is 5.92 Å². The van der Waals surface area contributed by atoms with Crippen molar-refractivity contribution in [3.63, 3.8) is 0 Å². The van der Waals surface area contributed by atoms with Crippen LogP contribution >= 0.6 is 0 Å². The van der Waals surface area contributed by atoms with Gasteiger partial charge < -0.3 is 5.11 Å². The molecule has 2 aromatic carbocycles. The predicted molar refractivity (Wildman–Crippen MR) is 113 cm³/mol. The van der Waals surface area contributed by atoms with E-state index in [1.807, 2.05) is 24.3 Å². The van der Waals surface area contributed by atoms with Gasteiger partial charge in [-0.05, 0) is 73.3 Å². The Hall–Kier alpha value is -2.49. The minimum atomic E-state index is -1.09. The molecule has 0 aliphatic heterocycles. The van der Waals surface area contributed by atoms with Crippen LogP contribution in [-0.2, 0) is 0 Å². The summed E-state index contributed by atoms with van der Waals surface area (Å²) in [6, 6.07) is 11.9. The maximum atomic E-state index is 14.0. The van der Waals surface area contributed by atoms with E-state index < -0.39 is 17.6 Å². The Labute approximate surface area is 171 Å². The second-order valence-corrected chi connectivity index (χ2v) is 8.04. The average molecular weight is 398 g/mol. The van der Waals surface area contributed by atoms with Crippen LogP contribution < -0.4 is 0 Å². The minimum absolute atomic E-state index is 0.0447. The zero-order valence-electron chi connectivity index (χ0n) is 17.1. The summed E-state index contributed by atoms with van der Waals surface area (Å²) < 4.78 is 27.3. The van der Waals surface area contributed by atoms with Crippen LogP contribution in [0.4, 0.5) is 8.78 Å². The molecule has 0 atom stereocenters. The molecular formula is C25H28F2O2. The zero-order chi connectivity index (χ0) is 21.0. The third-order valence-corrected chi connectivity index (χ3v) is 6.04. The first-order chi connectivity index (χ1) is 13.9. The molecule has 1 fully saturated rings. The summed E-state index contributed by atoms with van der Waals surface area (Å²) in [7, 11) is 0. The number of hydrogen-bond acceptors (Lipinski definition) is 1. The van der Waals surface area contributed by atoms with Gasteiger partial charge in [-0.25, -0.2) is 13.6 Å². The molecule has 2 aromatic rings. The van der Waals surface area contributed by atoms with E-state index in [0.29, 0.717) is 17.0 Å². The fourth-order valence-electron chi connectivity index (χ4n) is 4.43. The zero-order valence-corrected chi connectivity index (χ0v) is 17.1. The molecule has 1 aliphatic carbocycles. The molecule has 0 bridgehead atoms. The van der Waals surface area contributed by atoms with Crippen LogP contribution in [0.15, 0.2) is 48.3 Å². The number of benzene rings is 2. The van der Waals surface area contributed by atoms with Crippen LogP contribution in [0.2, 0.25) is 0 Å². The lowest BCUT2D eigenvalue weighted by molar-refractivity contribution is 0.0697. The SMILES string of the molecule is CCCC1CCC(c2ccc(-c3cc(/C(F)=C(/C)F)ccc3C(=O)O)cc2)CC1. The van der Waals surface area contributed by atoms with Gasteiger partial charge in [0.25, 0.3) is 0 Å². The van der Waals surface area contributed by atoms with E-state index in [2.05, 4.69) is 6.92 Å². The van der Waals surface area contributed by atoms with Gasteiger partial charge in [0.2, 0.25) is 0 Å². The molecule has 0 radical (unpaired) electrons. The van der Waals surface area contributed by atoms with Gasteiger partial charge >= 0.3 is 5.97 Å². The first-order valence-corrected chi connectivity index (χ1v) is 10.4. The Balaban J connectivity index is 1.86. The second kappa shape index (κ2) is 9.34. The molecular weight excluding hydrogens is 370 g/mol. The Bertz CT molecular complexity index is 888. The number of rotatable bonds is 6. The van der Waals surface area contributed by atoms with Gasteiger partial charge in [0.15, 0.2) is 5.83 Å². The highest BCUT2D eigenvalue weighted by Crippen LogP contribution is 2.38. The van der Waals surface area contributed by atoms with Crippen molar-refractivity contribution < 1.29 is 18.7 Å². The van der Waals surface area contributed by atoms with Gasteiger partial charge in [0.1, 0.15) is 5.83 Å². The number of carboxylic acid groups (broad SMARTS) is 1. The normalized spacial score (nSPS) is 20.3. The third-order valence-electron chi connectivity index (χ3n) is 6.04. The van der Waals surface area contributed by atoms with Crippen LogP contribution in [-0.4, -0.2) is 11.1 Å². The number of carbonyl (C=O) groups is 1. The summed E-state index contributed by atoms with van der Waals surface area (Å²) in [6.45, 7) is 3.28. The quantitative estimate of drug-likeness (QED) is 0.540. The van der Waals surface area contributed by atoms with E-state index in [-0.39, 0.29) is 11.1 Å². The third kappa shape index (κ3) is 4.92. The van der Waals surface area contributed by atoms with Gasteiger partial charge in [-0.2, -0.15) is 0 Å². The number of allylic oxidation sites excluding steroid dienone is 1. The predicted octanol–water partition coefficient (Wildman–Crippen LogP) is 7.75. The summed E-state index contributed by atoms with van der Waals surface area (Å²) in [5.41, 5.74) is 2.47. The lowest BCUT2D eigenvalue weighted by Crippen LogP contribution is -2.13. The average Bonchev–Trinajstić information content (AvgIpc) is 2.73. The van der Waals surface area contributed by atoms with Gasteiger partial charge in [-0.15, -0.1) is 0 Å². The lowest BCUT2D eigenvalue weighted by Gasteiger charge is -2.28. The van der Waals surface area contributed by atoms with E-state index in [9.17, 15) is 18.7 Å². The molecule has 29 heavy (non-hydrogen) atoms. The van der Waals surface area contributed by atoms with Crippen LogP contribution in [0.1, 0.15) is 79.8 Å². The van der Waals surface area contributed by atoms with Crippen LogP contribution in [0.3, 0.4) is 0 Å². The Morgan fingerprint density at radius 2 is 1.69 bits per heavy atom. The molecule has 1 N–H and O–H groups in total. The van der Waals surface area contributed by atoms with Crippen molar-refractivity contribution in [3.8, 4) is 11.1 Å². The number of carboxylic acids is 1. The molecule has 0 amide bonds. The fraction of sp³-hybridized carbons (Fsp3) is 0.400. The van der Waals surface area contributed by atoms with Gasteiger partial charge in [0.05, 0.1) is 5.56 Å². The highest BCUT2D eigenvalue weighted by molar-refractivity contribution is 5.96. The van der Waals surface area contributed by atoms with Crippen molar-refractivity contribution in [2.75, 3.05) is 0 Å². The molecule has 154 valence electrons. The standard InChI is InChI=1S/C25H28F2O2/c1-3-4-17-5-7-18(8-6-17)19-9-11-20(12-10-19)23-15-21(24(27)16(2)26)13-14-22(23)25(28)29/h9-15,17-18H,3-8H2,1-2H3,(H,28,29)/b24-16+. The Kier molecular flexibility index (Phi) is 6.83. The van der Waals surface area contributed by atoms with E-state index in [4.69, 9.17) is 0 Å². The van der Waals surface area contributed by atoms with E-state index in [0.717, 1.165) is 12.8 Å². The van der Waals surface area contributed by atoms with Crippen molar-refractivity contribution in [1.82, 2.24) is 0 Å². The summed E-state index contributed by atoms with van der Waals surface area (Å²) in [5, 5.41) is 9.51. The monoisotopic (exact) mass is 398 g/mol. The van der Waals surface area contributed by atoms with Crippen LogP contribution in [0, 0.1) is 5.92 Å². The second-order valence-electron chi connectivity index (χ2n) is 8.04. The number of halogens is 2. The van der Waals surface area contributed by atoms with Crippen LogP contribution in [0.5, 0.6) is 0 Å². The van der Waals surface area contributed by atoms with Gasteiger partial charge in [-0.3, -0.25) is 0 Å². The fourth-order valence-corrected chi connectivity index (χ4v) is 4.43. The van der Waals surface area contributed by atoms with Crippen molar-refractivity contribution in [2.45, 2.75) is 58.3 Å². The molecule has 1 aliphatic rings. The minimum Gasteiger partial charge on any atom is -0.478 e. The topological polar surface area (TPSA) is 37.3 Å². The first-order valence-electron chi connectivity index (χ1n) is 10.4. The molecule has 0 unspecified atom stereocenters. The molecule has 0 saturated heterocycles. The van der Waals surface area contributed by atoms with Crippen molar-refractivity contribution in [1.29, 1.82) is 0 Å². The molecule has 4 heteroatoms. The van der Waals surface area contributed by atoms with Crippen LogP contribution in [0.25, 0.3) is 17.0 Å². The van der Waals surface area contributed by atoms with Crippen molar-refractivity contribution >= 4 is 11.8 Å². The summed E-state index contributed by atoms with van der Waals surface area (Å²) in [4.78, 5) is 11.6. The summed E-state index contributed by atoms with van der Waals surface area (Å²) >= 11 is 0. The Morgan fingerprint density at radius 1 is 1.03 bits per heavy atom.